The summed E-state index contributed by atoms with van der Waals surface area (Å²) in [6.07, 6.45) is 2.77. The van der Waals surface area contributed by atoms with Gasteiger partial charge in [0.2, 0.25) is 0 Å². The van der Waals surface area contributed by atoms with Gasteiger partial charge in [-0.15, -0.1) is 0 Å². The molecule has 0 aliphatic carbocycles. The van der Waals surface area contributed by atoms with Crippen molar-refractivity contribution in [1.82, 2.24) is 0 Å². The molecule has 26 heavy (non-hydrogen) atoms. The highest BCUT2D eigenvalue weighted by Gasteiger charge is 2.12. The molecule has 0 unspecified atom stereocenters. The maximum atomic E-state index is 12.5. The molecule has 3 rings (SSSR count). The number of carbonyl (C=O) groups excluding carboxylic acids is 2. The van der Waals surface area contributed by atoms with Gasteiger partial charge in [-0.2, -0.15) is 0 Å². The molecular formula is C22H18O4. The molecule has 0 saturated heterocycles. The van der Waals surface area contributed by atoms with Crippen LogP contribution in [0.4, 0.5) is 0 Å². The summed E-state index contributed by atoms with van der Waals surface area (Å²) in [4.78, 5) is 24.7. The van der Waals surface area contributed by atoms with E-state index in [9.17, 15) is 14.7 Å². The van der Waals surface area contributed by atoms with E-state index in [4.69, 9.17) is 4.74 Å². The van der Waals surface area contributed by atoms with Crippen molar-refractivity contribution in [2.75, 3.05) is 7.11 Å². The normalized spacial score (nSPS) is 11.0. The largest absolute Gasteiger partial charge is 0.504 e. The Balaban J connectivity index is 1.74. The van der Waals surface area contributed by atoms with E-state index in [0.717, 1.165) is 10.8 Å². The van der Waals surface area contributed by atoms with Crippen LogP contribution in [-0.2, 0) is 4.79 Å². The second-order valence-corrected chi connectivity index (χ2v) is 5.86. The zero-order valence-electron chi connectivity index (χ0n) is 14.3. The summed E-state index contributed by atoms with van der Waals surface area (Å²) < 4.78 is 5.03. The van der Waals surface area contributed by atoms with Gasteiger partial charge in [0.25, 0.3) is 0 Å². The predicted molar refractivity (Wildman–Crippen MR) is 102 cm³/mol. The Labute approximate surface area is 151 Å². The van der Waals surface area contributed by atoms with Gasteiger partial charge in [-0.1, -0.05) is 54.6 Å². The second-order valence-electron chi connectivity index (χ2n) is 5.86. The molecule has 4 heteroatoms. The number of methoxy groups -OCH3 is 1. The van der Waals surface area contributed by atoms with E-state index in [-0.39, 0.29) is 23.7 Å². The third-order valence-corrected chi connectivity index (χ3v) is 4.09. The van der Waals surface area contributed by atoms with Gasteiger partial charge >= 0.3 is 0 Å². The molecule has 0 atom stereocenters. The van der Waals surface area contributed by atoms with Gasteiger partial charge in [-0.05, 0) is 34.5 Å². The summed E-state index contributed by atoms with van der Waals surface area (Å²) in [5.74, 6) is -0.136. The molecule has 4 nitrogen and oxygen atoms in total. The van der Waals surface area contributed by atoms with Crippen LogP contribution in [0.1, 0.15) is 22.3 Å². The first-order valence-electron chi connectivity index (χ1n) is 8.17. The quantitative estimate of drug-likeness (QED) is 0.408. The number of carbonyl (C=O) groups is 2. The van der Waals surface area contributed by atoms with E-state index < -0.39 is 0 Å². The molecule has 0 aromatic heterocycles. The van der Waals surface area contributed by atoms with Gasteiger partial charge in [0, 0.05) is 5.56 Å². The van der Waals surface area contributed by atoms with E-state index in [1.807, 2.05) is 36.4 Å². The number of allylic oxidation sites excluding steroid dienone is 1. The molecule has 0 amide bonds. The summed E-state index contributed by atoms with van der Waals surface area (Å²) >= 11 is 0. The highest BCUT2D eigenvalue weighted by Crippen LogP contribution is 2.26. The number of ketones is 2. The molecule has 0 aliphatic rings. The number of hydrogen-bond acceptors (Lipinski definition) is 4. The monoisotopic (exact) mass is 346 g/mol. The van der Waals surface area contributed by atoms with Crippen molar-refractivity contribution in [2.45, 2.75) is 6.42 Å². The maximum absolute atomic E-state index is 12.5. The minimum atomic E-state index is -0.282. The number of ether oxygens (including phenoxy) is 1. The van der Waals surface area contributed by atoms with Gasteiger partial charge in [-0.25, -0.2) is 0 Å². The molecule has 0 heterocycles. The van der Waals surface area contributed by atoms with Crippen LogP contribution in [0.5, 0.6) is 11.5 Å². The molecule has 3 aromatic carbocycles. The fourth-order valence-corrected chi connectivity index (χ4v) is 2.77. The summed E-state index contributed by atoms with van der Waals surface area (Å²) in [6, 6.07) is 17.9. The van der Waals surface area contributed by atoms with Gasteiger partial charge in [0.15, 0.2) is 23.1 Å². The molecule has 0 spiro atoms. The van der Waals surface area contributed by atoms with Crippen LogP contribution in [0.3, 0.4) is 0 Å². The van der Waals surface area contributed by atoms with Gasteiger partial charge in [-0.3, -0.25) is 9.59 Å². The van der Waals surface area contributed by atoms with E-state index in [0.29, 0.717) is 16.9 Å². The highest BCUT2D eigenvalue weighted by atomic mass is 16.5. The number of fused-ring (bicyclic) bond motifs is 1. The van der Waals surface area contributed by atoms with Crippen molar-refractivity contribution in [3.63, 3.8) is 0 Å². The number of Topliss-reactive ketones (excluding diaryl/α,β-unsaturated/α-hetero) is 1. The average Bonchev–Trinajstić information content (AvgIpc) is 2.66. The van der Waals surface area contributed by atoms with Crippen LogP contribution in [-0.4, -0.2) is 23.8 Å². The number of benzene rings is 3. The van der Waals surface area contributed by atoms with E-state index in [2.05, 4.69) is 0 Å². The van der Waals surface area contributed by atoms with Gasteiger partial charge in [0.05, 0.1) is 13.5 Å². The molecule has 0 radical (unpaired) electrons. The number of phenolic OH excluding ortho intramolecular Hbond substituents is 1. The fraction of sp³-hybridized carbons (Fsp3) is 0.0909. The minimum Gasteiger partial charge on any atom is -0.504 e. The number of aromatic hydroxyl groups is 1. The zero-order chi connectivity index (χ0) is 18.5. The van der Waals surface area contributed by atoms with Crippen molar-refractivity contribution in [2.24, 2.45) is 0 Å². The number of rotatable bonds is 6. The minimum absolute atomic E-state index is 0.0297. The van der Waals surface area contributed by atoms with Crippen LogP contribution >= 0.6 is 0 Å². The van der Waals surface area contributed by atoms with Crippen LogP contribution in [0.25, 0.3) is 16.8 Å². The Bertz CT molecular complexity index is 997. The Hall–Kier alpha value is -3.40. The van der Waals surface area contributed by atoms with Crippen LogP contribution in [0, 0.1) is 0 Å². The lowest BCUT2D eigenvalue weighted by Gasteiger charge is -2.05. The first kappa shape index (κ1) is 17.4. The molecule has 0 fully saturated rings. The third-order valence-electron chi connectivity index (χ3n) is 4.09. The zero-order valence-corrected chi connectivity index (χ0v) is 14.3. The summed E-state index contributed by atoms with van der Waals surface area (Å²) in [6.45, 7) is 0. The fourth-order valence-electron chi connectivity index (χ4n) is 2.77. The summed E-state index contributed by atoms with van der Waals surface area (Å²) in [5.41, 5.74) is 1.25. The molecular weight excluding hydrogens is 328 g/mol. The van der Waals surface area contributed by atoms with Crippen molar-refractivity contribution >= 4 is 28.4 Å². The average molecular weight is 346 g/mol. The Morgan fingerprint density at radius 1 is 1.04 bits per heavy atom. The first-order chi connectivity index (χ1) is 12.6. The SMILES string of the molecule is COc1cc(/C=C/C(=O)CC(=O)c2cccc3ccccc23)ccc1O. The second kappa shape index (κ2) is 7.66. The van der Waals surface area contributed by atoms with Crippen LogP contribution in [0.2, 0.25) is 0 Å². The summed E-state index contributed by atoms with van der Waals surface area (Å²) in [7, 11) is 1.45. The Morgan fingerprint density at radius 2 is 1.81 bits per heavy atom. The van der Waals surface area contributed by atoms with Crippen molar-refractivity contribution in [3.05, 3.63) is 77.9 Å². The van der Waals surface area contributed by atoms with E-state index >= 15 is 0 Å². The van der Waals surface area contributed by atoms with Crippen LogP contribution < -0.4 is 4.74 Å². The van der Waals surface area contributed by atoms with Crippen molar-refractivity contribution in [1.29, 1.82) is 0 Å². The standard InChI is InChI=1S/C22H18O4/c1-26-22-13-15(10-12-20(22)24)9-11-17(23)14-21(25)19-8-4-6-16-5-2-3-7-18(16)19/h2-13,24H,14H2,1H3/b11-9+. The highest BCUT2D eigenvalue weighted by molar-refractivity contribution is 6.17. The topological polar surface area (TPSA) is 63.6 Å². The molecule has 0 bridgehead atoms. The van der Waals surface area contributed by atoms with Crippen LogP contribution in [0.15, 0.2) is 66.7 Å². The van der Waals surface area contributed by atoms with Crippen molar-refractivity contribution in [3.8, 4) is 11.5 Å². The lowest BCUT2D eigenvalue weighted by atomic mass is 9.98. The molecule has 1 N–H and O–H groups in total. The first-order valence-corrected chi connectivity index (χ1v) is 8.17. The van der Waals surface area contributed by atoms with Gasteiger partial charge < -0.3 is 9.84 Å². The number of phenols is 1. The molecule has 0 aliphatic heterocycles. The lowest BCUT2D eigenvalue weighted by Crippen LogP contribution is -2.06. The smallest absolute Gasteiger partial charge is 0.171 e. The molecule has 3 aromatic rings. The lowest BCUT2D eigenvalue weighted by molar-refractivity contribution is -0.113. The number of hydrogen-bond donors (Lipinski definition) is 1. The maximum Gasteiger partial charge on any atom is 0.171 e. The third kappa shape index (κ3) is 3.81. The van der Waals surface area contributed by atoms with Gasteiger partial charge in [0.1, 0.15) is 0 Å². The van der Waals surface area contributed by atoms with Crippen molar-refractivity contribution < 1.29 is 19.4 Å². The van der Waals surface area contributed by atoms with E-state index in [1.54, 1.807) is 24.3 Å². The summed E-state index contributed by atoms with van der Waals surface area (Å²) in [5, 5.41) is 11.4. The Kier molecular flexibility index (Phi) is 5.13. The molecule has 130 valence electrons. The predicted octanol–water partition coefficient (Wildman–Crippen LogP) is 4.41. The molecule has 0 saturated carbocycles. The van der Waals surface area contributed by atoms with E-state index in [1.165, 1.54) is 19.3 Å². The Morgan fingerprint density at radius 3 is 2.62 bits per heavy atom.